The van der Waals surface area contributed by atoms with Crippen molar-refractivity contribution in [2.45, 2.75) is 13.1 Å². The minimum Gasteiger partial charge on any atom is -0.381 e. The number of carbonyl (C=O) groups excluding carboxylic acids is 1. The van der Waals surface area contributed by atoms with Crippen LogP contribution in [-0.4, -0.2) is 25.2 Å². The van der Waals surface area contributed by atoms with Crippen molar-refractivity contribution in [3.63, 3.8) is 0 Å². The molecule has 2 N–H and O–H groups in total. The van der Waals surface area contributed by atoms with Gasteiger partial charge in [-0.25, -0.2) is 8.78 Å². The Morgan fingerprint density at radius 2 is 1.74 bits per heavy atom. The number of anilines is 1. The standard InChI is InChI=1S/C11H11F5N2O/c1-2-17-9-7(12)3-6(4-8(9)13)10(19)18-5-11(14,15)16/h3-4,17H,2,5H2,1H3,(H,18,19). The van der Waals surface area contributed by atoms with Crippen LogP contribution in [0.1, 0.15) is 17.3 Å². The van der Waals surface area contributed by atoms with Gasteiger partial charge in [0.1, 0.15) is 23.9 Å². The largest absolute Gasteiger partial charge is 0.405 e. The summed E-state index contributed by atoms with van der Waals surface area (Å²) in [5.74, 6) is -3.28. The highest BCUT2D eigenvalue weighted by Gasteiger charge is 2.28. The Hall–Kier alpha value is -1.86. The van der Waals surface area contributed by atoms with Crippen molar-refractivity contribution in [2.75, 3.05) is 18.4 Å². The van der Waals surface area contributed by atoms with Crippen LogP contribution in [0, 0.1) is 11.6 Å². The predicted molar refractivity (Wildman–Crippen MR) is 58.9 cm³/mol. The van der Waals surface area contributed by atoms with E-state index in [9.17, 15) is 26.7 Å². The lowest BCUT2D eigenvalue weighted by Crippen LogP contribution is -2.33. The molecule has 0 bridgehead atoms. The average Bonchev–Trinajstić information content (AvgIpc) is 2.29. The summed E-state index contributed by atoms with van der Waals surface area (Å²) >= 11 is 0. The van der Waals surface area contributed by atoms with E-state index in [4.69, 9.17) is 0 Å². The van der Waals surface area contributed by atoms with Crippen LogP contribution in [0.4, 0.5) is 27.6 Å². The summed E-state index contributed by atoms with van der Waals surface area (Å²) in [5.41, 5.74) is -0.934. The van der Waals surface area contributed by atoms with Crippen molar-refractivity contribution in [1.82, 2.24) is 5.32 Å². The predicted octanol–water partition coefficient (Wildman–Crippen LogP) is 2.69. The summed E-state index contributed by atoms with van der Waals surface area (Å²) in [6.45, 7) is 0.306. The molecule has 106 valence electrons. The molecule has 1 rings (SSSR count). The molecule has 0 spiro atoms. The van der Waals surface area contributed by atoms with E-state index in [2.05, 4.69) is 5.32 Å². The zero-order valence-corrected chi connectivity index (χ0v) is 9.87. The van der Waals surface area contributed by atoms with Crippen molar-refractivity contribution in [1.29, 1.82) is 0 Å². The van der Waals surface area contributed by atoms with Crippen molar-refractivity contribution in [3.05, 3.63) is 29.3 Å². The Bertz CT molecular complexity index is 450. The first-order valence-corrected chi connectivity index (χ1v) is 5.32. The molecule has 3 nitrogen and oxygen atoms in total. The first-order chi connectivity index (χ1) is 8.74. The molecule has 0 saturated heterocycles. The Labute approximate surface area is 105 Å². The third kappa shape index (κ3) is 4.38. The first-order valence-electron chi connectivity index (χ1n) is 5.32. The molecule has 0 heterocycles. The lowest BCUT2D eigenvalue weighted by molar-refractivity contribution is -0.123. The van der Waals surface area contributed by atoms with E-state index in [0.717, 1.165) is 0 Å². The number of hydrogen-bond acceptors (Lipinski definition) is 2. The number of benzene rings is 1. The maximum Gasteiger partial charge on any atom is 0.405 e. The van der Waals surface area contributed by atoms with Crippen LogP contribution < -0.4 is 10.6 Å². The Morgan fingerprint density at radius 1 is 1.21 bits per heavy atom. The van der Waals surface area contributed by atoms with Crippen LogP contribution >= 0.6 is 0 Å². The zero-order valence-electron chi connectivity index (χ0n) is 9.87. The van der Waals surface area contributed by atoms with Crippen LogP contribution in [0.25, 0.3) is 0 Å². The fourth-order valence-corrected chi connectivity index (χ4v) is 1.33. The zero-order chi connectivity index (χ0) is 14.6. The summed E-state index contributed by atoms with van der Waals surface area (Å²) in [6.07, 6.45) is -4.59. The molecule has 0 unspecified atom stereocenters. The Morgan fingerprint density at radius 3 is 2.16 bits per heavy atom. The van der Waals surface area contributed by atoms with Gasteiger partial charge in [0.2, 0.25) is 0 Å². The summed E-state index contributed by atoms with van der Waals surface area (Å²) < 4.78 is 62.5. The van der Waals surface area contributed by atoms with E-state index in [0.29, 0.717) is 12.1 Å². The molecule has 0 aliphatic heterocycles. The van der Waals surface area contributed by atoms with Crippen LogP contribution in [0.2, 0.25) is 0 Å². The lowest BCUT2D eigenvalue weighted by atomic mass is 10.1. The molecule has 1 aromatic carbocycles. The molecule has 0 radical (unpaired) electrons. The summed E-state index contributed by atoms with van der Waals surface area (Å²) in [4.78, 5) is 11.3. The molecule has 19 heavy (non-hydrogen) atoms. The van der Waals surface area contributed by atoms with Crippen molar-refractivity contribution in [2.24, 2.45) is 0 Å². The molecule has 1 amide bonds. The molecule has 0 aliphatic rings. The molecule has 1 aromatic rings. The van der Waals surface area contributed by atoms with Crippen LogP contribution in [0.15, 0.2) is 12.1 Å². The van der Waals surface area contributed by atoms with Crippen LogP contribution in [0.5, 0.6) is 0 Å². The minimum atomic E-state index is -4.59. The fourth-order valence-electron chi connectivity index (χ4n) is 1.33. The SMILES string of the molecule is CCNc1c(F)cc(C(=O)NCC(F)(F)F)cc1F. The van der Waals surface area contributed by atoms with Crippen LogP contribution in [0.3, 0.4) is 0 Å². The van der Waals surface area contributed by atoms with Gasteiger partial charge in [-0.1, -0.05) is 0 Å². The highest BCUT2D eigenvalue weighted by atomic mass is 19.4. The van der Waals surface area contributed by atoms with Gasteiger partial charge in [-0.3, -0.25) is 4.79 Å². The molecule has 0 aliphatic carbocycles. The number of amides is 1. The third-order valence-electron chi connectivity index (χ3n) is 2.11. The molecule has 0 fully saturated rings. The maximum absolute atomic E-state index is 13.4. The monoisotopic (exact) mass is 282 g/mol. The van der Waals surface area contributed by atoms with E-state index in [-0.39, 0.29) is 6.54 Å². The molecule has 0 saturated carbocycles. The van der Waals surface area contributed by atoms with Gasteiger partial charge in [-0.15, -0.1) is 0 Å². The summed E-state index contributed by atoms with van der Waals surface area (Å²) in [5, 5.41) is 3.93. The Balaban J connectivity index is 2.88. The normalized spacial score (nSPS) is 11.3. The first kappa shape index (κ1) is 15.2. The second-order valence-electron chi connectivity index (χ2n) is 3.64. The lowest BCUT2D eigenvalue weighted by Gasteiger charge is -2.10. The van der Waals surface area contributed by atoms with Gasteiger partial charge < -0.3 is 10.6 Å². The van der Waals surface area contributed by atoms with Crippen molar-refractivity contribution >= 4 is 11.6 Å². The van der Waals surface area contributed by atoms with Gasteiger partial charge in [0.05, 0.1) is 0 Å². The molecular weight excluding hydrogens is 271 g/mol. The second kappa shape index (κ2) is 5.85. The van der Waals surface area contributed by atoms with E-state index >= 15 is 0 Å². The molecule has 0 aromatic heterocycles. The topological polar surface area (TPSA) is 41.1 Å². The molecular formula is C11H11F5N2O. The summed E-state index contributed by atoms with van der Waals surface area (Å²) in [7, 11) is 0. The maximum atomic E-state index is 13.4. The minimum absolute atomic E-state index is 0.257. The highest BCUT2D eigenvalue weighted by Crippen LogP contribution is 2.21. The van der Waals surface area contributed by atoms with E-state index in [1.807, 2.05) is 0 Å². The summed E-state index contributed by atoms with van der Waals surface area (Å²) in [6, 6.07) is 1.35. The number of alkyl halides is 3. The van der Waals surface area contributed by atoms with Gasteiger partial charge in [0.25, 0.3) is 5.91 Å². The number of halogens is 5. The van der Waals surface area contributed by atoms with Crippen molar-refractivity contribution < 1.29 is 26.7 Å². The third-order valence-corrected chi connectivity index (χ3v) is 2.11. The number of rotatable bonds is 4. The quantitative estimate of drug-likeness (QED) is 0.834. The number of nitrogens with one attached hydrogen (secondary N) is 2. The van der Waals surface area contributed by atoms with Gasteiger partial charge in [-0.2, -0.15) is 13.2 Å². The van der Waals surface area contributed by atoms with Gasteiger partial charge in [0.15, 0.2) is 0 Å². The number of hydrogen-bond donors (Lipinski definition) is 2. The van der Waals surface area contributed by atoms with Crippen molar-refractivity contribution in [3.8, 4) is 0 Å². The van der Waals surface area contributed by atoms with E-state index in [1.54, 1.807) is 6.92 Å². The number of carbonyl (C=O) groups is 1. The van der Waals surface area contributed by atoms with E-state index in [1.165, 1.54) is 5.32 Å². The van der Waals surface area contributed by atoms with Gasteiger partial charge in [0, 0.05) is 12.1 Å². The second-order valence-corrected chi connectivity index (χ2v) is 3.64. The Kier molecular flexibility index (Phi) is 4.68. The molecule has 0 atom stereocenters. The van der Waals surface area contributed by atoms with Gasteiger partial charge >= 0.3 is 6.18 Å². The molecule has 8 heteroatoms. The van der Waals surface area contributed by atoms with E-state index < -0.39 is 41.5 Å². The van der Waals surface area contributed by atoms with Gasteiger partial charge in [-0.05, 0) is 19.1 Å². The average molecular weight is 282 g/mol. The fraction of sp³-hybridized carbons (Fsp3) is 0.364. The highest BCUT2D eigenvalue weighted by molar-refractivity contribution is 5.94. The van der Waals surface area contributed by atoms with Crippen LogP contribution in [-0.2, 0) is 0 Å². The smallest absolute Gasteiger partial charge is 0.381 e.